The van der Waals surface area contributed by atoms with Gasteiger partial charge in [0.05, 0.1) is 27.4 Å². The van der Waals surface area contributed by atoms with Crippen molar-refractivity contribution >= 4 is 5.97 Å². The molecule has 1 aliphatic rings. The zero-order chi connectivity index (χ0) is 15.2. The van der Waals surface area contributed by atoms with Crippen molar-refractivity contribution in [3.8, 4) is 11.5 Å². The third-order valence-corrected chi connectivity index (χ3v) is 3.46. The van der Waals surface area contributed by atoms with Crippen LogP contribution in [0, 0.1) is 0 Å². The first-order valence-corrected chi connectivity index (χ1v) is 6.82. The van der Waals surface area contributed by atoms with Gasteiger partial charge in [0.15, 0.2) is 11.5 Å². The van der Waals surface area contributed by atoms with Crippen LogP contribution in [0.1, 0.15) is 18.4 Å². The van der Waals surface area contributed by atoms with Crippen molar-refractivity contribution in [2.45, 2.75) is 25.4 Å². The van der Waals surface area contributed by atoms with Gasteiger partial charge >= 0.3 is 5.97 Å². The number of hydrogen-bond donors (Lipinski definition) is 0. The molecule has 5 nitrogen and oxygen atoms in total. The van der Waals surface area contributed by atoms with E-state index < -0.39 is 0 Å². The number of carbonyl (C=O) groups is 1. The first-order valence-electron chi connectivity index (χ1n) is 6.82. The van der Waals surface area contributed by atoms with Gasteiger partial charge in [-0.2, -0.15) is 0 Å². The molecule has 1 aromatic rings. The van der Waals surface area contributed by atoms with Gasteiger partial charge in [0.2, 0.25) is 0 Å². The highest BCUT2D eigenvalue weighted by atomic mass is 16.5. The van der Waals surface area contributed by atoms with Gasteiger partial charge in [0.1, 0.15) is 11.9 Å². The molecule has 2 rings (SSSR count). The maximum Gasteiger partial charge on any atom is 0.334 e. The van der Waals surface area contributed by atoms with Gasteiger partial charge in [-0.3, -0.25) is 0 Å². The van der Waals surface area contributed by atoms with E-state index in [9.17, 15) is 4.79 Å². The summed E-state index contributed by atoms with van der Waals surface area (Å²) in [5.41, 5.74) is 1.11. The van der Waals surface area contributed by atoms with E-state index in [4.69, 9.17) is 18.9 Å². The molecule has 1 heterocycles. The van der Waals surface area contributed by atoms with Crippen LogP contribution < -0.4 is 9.47 Å². The van der Waals surface area contributed by atoms with E-state index in [1.807, 2.05) is 18.2 Å². The maximum absolute atomic E-state index is 11.4. The van der Waals surface area contributed by atoms with Crippen LogP contribution in [0.25, 0.3) is 0 Å². The lowest BCUT2D eigenvalue weighted by molar-refractivity contribution is -0.145. The third-order valence-electron chi connectivity index (χ3n) is 3.46. The van der Waals surface area contributed by atoms with Crippen molar-refractivity contribution in [2.24, 2.45) is 0 Å². The fraction of sp³-hybridized carbons (Fsp3) is 0.438. The minimum Gasteiger partial charge on any atom is -0.501 e. The molecular formula is C16H20O5. The monoisotopic (exact) mass is 292 g/mol. The molecule has 21 heavy (non-hydrogen) atoms. The second-order valence-corrected chi connectivity index (χ2v) is 4.81. The van der Waals surface area contributed by atoms with E-state index in [-0.39, 0.29) is 12.1 Å². The summed E-state index contributed by atoms with van der Waals surface area (Å²) >= 11 is 0. The highest BCUT2D eigenvalue weighted by molar-refractivity contribution is 5.83. The lowest BCUT2D eigenvalue weighted by Gasteiger charge is -2.22. The van der Waals surface area contributed by atoms with Crippen molar-refractivity contribution < 1.29 is 23.7 Å². The fourth-order valence-corrected chi connectivity index (χ4v) is 2.32. The largest absolute Gasteiger partial charge is 0.501 e. The van der Waals surface area contributed by atoms with Crippen molar-refractivity contribution in [1.29, 1.82) is 0 Å². The highest BCUT2D eigenvalue weighted by Gasteiger charge is 2.22. The second-order valence-electron chi connectivity index (χ2n) is 4.81. The number of carbonyl (C=O) groups excluding carboxylic acids is 1. The molecule has 0 N–H and O–H groups in total. The van der Waals surface area contributed by atoms with E-state index in [2.05, 4.69) is 0 Å². The van der Waals surface area contributed by atoms with Crippen LogP contribution in [0.3, 0.4) is 0 Å². The third kappa shape index (κ3) is 3.90. The Morgan fingerprint density at radius 3 is 2.57 bits per heavy atom. The van der Waals surface area contributed by atoms with Crippen LogP contribution in [0.2, 0.25) is 0 Å². The molecule has 0 unspecified atom stereocenters. The molecule has 0 bridgehead atoms. The van der Waals surface area contributed by atoms with E-state index in [1.54, 1.807) is 21.3 Å². The molecule has 0 amide bonds. The first kappa shape index (κ1) is 15.2. The van der Waals surface area contributed by atoms with Gasteiger partial charge in [-0.05, 0) is 30.5 Å². The standard InChI is InChI=1S/C16H20O5/c1-18-13-9-12(21-16(17)10-13)6-4-11-5-7-14(19-2)15(8-11)20-3/h5,7-8,10,12H,4,6,9H2,1-3H3/t12-/m1/s1. The number of benzene rings is 1. The summed E-state index contributed by atoms with van der Waals surface area (Å²) in [6.45, 7) is 0. The van der Waals surface area contributed by atoms with E-state index in [1.165, 1.54) is 6.08 Å². The summed E-state index contributed by atoms with van der Waals surface area (Å²) in [5, 5.41) is 0. The quantitative estimate of drug-likeness (QED) is 0.754. The van der Waals surface area contributed by atoms with E-state index in [0.29, 0.717) is 23.7 Å². The van der Waals surface area contributed by atoms with Crippen molar-refractivity contribution in [2.75, 3.05) is 21.3 Å². The van der Waals surface area contributed by atoms with Crippen molar-refractivity contribution in [3.05, 3.63) is 35.6 Å². The van der Waals surface area contributed by atoms with E-state index in [0.717, 1.165) is 18.4 Å². The number of rotatable bonds is 6. The van der Waals surface area contributed by atoms with Gasteiger partial charge in [-0.1, -0.05) is 6.07 Å². The average molecular weight is 292 g/mol. The Hall–Kier alpha value is -2.17. The highest BCUT2D eigenvalue weighted by Crippen LogP contribution is 2.29. The molecule has 5 heteroatoms. The number of methoxy groups -OCH3 is 3. The Morgan fingerprint density at radius 1 is 1.14 bits per heavy atom. The van der Waals surface area contributed by atoms with Gasteiger partial charge < -0.3 is 18.9 Å². The molecule has 0 aliphatic carbocycles. The zero-order valence-corrected chi connectivity index (χ0v) is 12.5. The van der Waals surface area contributed by atoms with Gasteiger partial charge in [-0.25, -0.2) is 4.79 Å². The Bertz CT molecular complexity index is 535. The number of esters is 1. The molecule has 0 aromatic heterocycles. The van der Waals surface area contributed by atoms with Gasteiger partial charge in [0, 0.05) is 6.42 Å². The SMILES string of the molecule is COC1=CC(=O)O[C@H](CCc2ccc(OC)c(OC)c2)C1. The Balaban J connectivity index is 1.97. The lowest BCUT2D eigenvalue weighted by atomic mass is 10.0. The van der Waals surface area contributed by atoms with Crippen LogP contribution in [-0.4, -0.2) is 33.4 Å². The Kier molecular flexibility index (Phi) is 5.09. The van der Waals surface area contributed by atoms with Gasteiger partial charge in [-0.15, -0.1) is 0 Å². The van der Waals surface area contributed by atoms with Crippen molar-refractivity contribution in [1.82, 2.24) is 0 Å². The molecule has 1 atom stereocenters. The second kappa shape index (κ2) is 7.02. The number of cyclic esters (lactones) is 1. The predicted octanol–water partition coefficient (Wildman–Crippen LogP) is 2.48. The molecule has 0 saturated heterocycles. The minimum atomic E-state index is -0.338. The lowest BCUT2D eigenvalue weighted by Crippen LogP contribution is -2.23. The summed E-state index contributed by atoms with van der Waals surface area (Å²) in [5.74, 6) is 1.74. The first-order chi connectivity index (χ1) is 10.2. The average Bonchev–Trinajstić information content (AvgIpc) is 2.52. The predicted molar refractivity (Wildman–Crippen MR) is 77.5 cm³/mol. The number of hydrogen-bond acceptors (Lipinski definition) is 5. The summed E-state index contributed by atoms with van der Waals surface area (Å²) in [4.78, 5) is 11.4. The minimum absolute atomic E-state index is 0.148. The Labute approximate surface area is 124 Å². The molecule has 1 aromatic carbocycles. The van der Waals surface area contributed by atoms with Crippen molar-refractivity contribution in [3.63, 3.8) is 0 Å². The molecular weight excluding hydrogens is 272 g/mol. The molecule has 0 saturated carbocycles. The molecule has 114 valence electrons. The summed E-state index contributed by atoms with van der Waals surface area (Å²) in [6.07, 6.45) is 3.39. The summed E-state index contributed by atoms with van der Waals surface area (Å²) < 4.78 is 20.9. The topological polar surface area (TPSA) is 54.0 Å². The molecule has 0 spiro atoms. The summed E-state index contributed by atoms with van der Waals surface area (Å²) in [7, 11) is 4.79. The number of ether oxygens (including phenoxy) is 4. The van der Waals surface area contributed by atoms with Gasteiger partial charge in [0.25, 0.3) is 0 Å². The fourth-order valence-electron chi connectivity index (χ4n) is 2.32. The van der Waals surface area contributed by atoms with Crippen LogP contribution in [0.15, 0.2) is 30.0 Å². The smallest absolute Gasteiger partial charge is 0.334 e. The number of aryl methyl sites for hydroxylation is 1. The molecule has 1 aliphatic heterocycles. The zero-order valence-electron chi connectivity index (χ0n) is 12.5. The van der Waals surface area contributed by atoms with Crippen LogP contribution in [0.4, 0.5) is 0 Å². The maximum atomic E-state index is 11.4. The van der Waals surface area contributed by atoms with Crippen LogP contribution >= 0.6 is 0 Å². The van der Waals surface area contributed by atoms with E-state index >= 15 is 0 Å². The van der Waals surface area contributed by atoms with Crippen LogP contribution in [0.5, 0.6) is 11.5 Å². The normalized spacial score (nSPS) is 17.8. The molecule has 0 fully saturated rings. The summed E-state index contributed by atoms with van der Waals surface area (Å²) in [6, 6.07) is 5.80. The Morgan fingerprint density at radius 2 is 1.90 bits per heavy atom. The molecule has 0 radical (unpaired) electrons. The van der Waals surface area contributed by atoms with Crippen LogP contribution in [-0.2, 0) is 20.7 Å².